The van der Waals surface area contributed by atoms with E-state index in [1.54, 1.807) is 0 Å². The zero-order valence-electron chi connectivity index (χ0n) is 8.99. The minimum absolute atomic E-state index is 0. The van der Waals surface area contributed by atoms with E-state index in [1.165, 1.54) is 5.69 Å². The van der Waals surface area contributed by atoms with E-state index in [9.17, 15) is 0 Å². The molecule has 1 aromatic carbocycles. The molecule has 0 heterocycles. The summed E-state index contributed by atoms with van der Waals surface area (Å²) in [7, 11) is 8.64. The SMILES string of the molecule is CN(C)C[N+](C)(C)c1ccccc1.[SnH4]. The molecule has 1 aromatic rings. The van der Waals surface area contributed by atoms with Crippen molar-refractivity contribution in [3.8, 4) is 0 Å². The monoisotopic (exact) mass is 303 g/mol. The molecule has 0 saturated carbocycles. The fraction of sp³-hybridized carbons (Fsp3) is 0.455. The Bertz CT molecular complexity index is 257. The Kier molecular flexibility index (Phi) is 5.71. The van der Waals surface area contributed by atoms with Gasteiger partial charge in [0.05, 0.1) is 14.1 Å². The number of hydrogen-bond acceptors (Lipinski definition) is 1. The molecular formula is C11H23N2Sn+. The molecule has 1 rings (SSSR count). The first kappa shape index (κ1) is 13.9. The Hall–Kier alpha value is -0.0613. The number of quaternary nitrogens is 1. The Morgan fingerprint density at radius 3 is 2.00 bits per heavy atom. The summed E-state index contributed by atoms with van der Waals surface area (Å²) in [5, 5.41) is 0. The second-order valence-corrected chi connectivity index (χ2v) is 4.24. The van der Waals surface area contributed by atoms with E-state index in [0.29, 0.717) is 0 Å². The summed E-state index contributed by atoms with van der Waals surface area (Å²) < 4.78 is 0.897. The molecule has 0 aliphatic carbocycles. The molecule has 0 aromatic heterocycles. The molecule has 0 bridgehead atoms. The van der Waals surface area contributed by atoms with E-state index < -0.39 is 0 Å². The molecule has 0 aliphatic rings. The summed E-state index contributed by atoms with van der Waals surface area (Å²) in [5.74, 6) is 0. The number of rotatable bonds is 3. The Morgan fingerprint density at radius 1 is 1.07 bits per heavy atom. The molecule has 3 heteroatoms. The third kappa shape index (κ3) is 3.98. The number of hydrogen-bond donors (Lipinski definition) is 0. The van der Waals surface area contributed by atoms with Gasteiger partial charge in [0.15, 0.2) is 0 Å². The Labute approximate surface area is 104 Å². The molecule has 2 nitrogen and oxygen atoms in total. The van der Waals surface area contributed by atoms with Gasteiger partial charge in [-0.3, -0.25) is 9.38 Å². The van der Waals surface area contributed by atoms with Crippen molar-refractivity contribution in [2.45, 2.75) is 0 Å². The zero-order valence-corrected chi connectivity index (χ0v) is 8.99. The Balaban J connectivity index is 0.00000169. The summed E-state index contributed by atoms with van der Waals surface area (Å²) in [5.41, 5.74) is 1.34. The normalized spacial score (nSPS) is 11.2. The van der Waals surface area contributed by atoms with Gasteiger partial charge in [-0.15, -0.1) is 0 Å². The van der Waals surface area contributed by atoms with E-state index in [4.69, 9.17) is 0 Å². The van der Waals surface area contributed by atoms with Gasteiger partial charge in [-0.1, -0.05) is 18.2 Å². The van der Waals surface area contributed by atoms with Gasteiger partial charge >= 0.3 is 23.9 Å². The van der Waals surface area contributed by atoms with Crippen LogP contribution in [-0.4, -0.2) is 63.7 Å². The van der Waals surface area contributed by atoms with E-state index in [-0.39, 0.29) is 23.9 Å². The van der Waals surface area contributed by atoms with Crippen LogP contribution < -0.4 is 4.48 Å². The standard InChI is InChI=1S/C11H19N2.Sn.4H/c1-12(2)10-13(3,4)11-8-6-5-7-9-11;;;;;/h5-9H,10H2,1-4H3;;;;;/q+1;;;;;. The first-order valence-electron chi connectivity index (χ1n) is 4.56. The average molecular weight is 302 g/mol. The number of benzene rings is 1. The van der Waals surface area contributed by atoms with Crippen LogP contribution in [0.15, 0.2) is 30.3 Å². The summed E-state index contributed by atoms with van der Waals surface area (Å²) in [4.78, 5) is 2.20. The van der Waals surface area contributed by atoms with Crippen LogP contribution in [0.1, 0.15) is 0 Å². The molecule has 0 radical (unpaired) electrons. The van der Waals surface area contributed by atoms with Crippen molar-refractivity contribution in [2.75, 3.05) is 34.9 Å². The Morgan fingerprint density at radius 2 is 1.57 bits per heavy atom. The van der Waals surface area contributed by atoms with Gasteiger partial charge < -0.3 is 0 Å². The molecule has 0 aliphatic heterocycles. The van der Waals surface area contributed by atoms with Crippen molar-refractivity contribution < 1.29 is 0 Å². The van der Waals surface area contributed by atoms with E-state index >= 15 is 0 Å². The summed E-state index contributed by atoms with van der Waals surface area (Å²) >= 11 is 0. The second-order valence-electron chi connectivity index (χ2n) is 4.24. The van der Waals surface area contributed by atoms with Crippen LogP contribution in [0.4, 0.5) is 5.69 Å². The molecule has 0 amide bonds. The minimum atomic E-state index is 0. The van der Waals surface area contributed by atoms with Gasteiger partial charge in [0.2, 0.25) is 0 Å². The maximum atomic E-state index is 2.22. The van der Waals surface area contributed by atoms with Gasteiger partial charge in [0, 0.05) is 0 Å². The van der Waals surface area contributed by atoms with Crippen LogP contribution in [0, 0.1) is 0 Å². The van der Waals surface area contributed by atoms with Crippen molar-refractivity contribution in [3.63, 3.8) is 0 Å². The molecule has 0 fully saturated rings. The van der Waals surface area contributed by atoms with E-state index in [2.05, 4.69) is 63.4 Å². The van der Waals surface area contributed by atoms with Crippen molar-refractivity contribution in [2.24, 2.45) is 0 Å². The van der Waals surface area contributed by atoms with Crippen molar-refractivity contribution in [1.82, 2.24) is 9.38 Å². The van der Waals surface area contributed by atoms with Gasteiger partial charge in [0.25, 0.3) is 0 Å². The molecule has 0 spiro atoms. The summed E-state index contributed by atoms with van der Waals surface area (Å²) in [6.07, 6.45) is 0. The fourth-order valence-electron chi connectivity index (χ4n) is 1.62. The van der Waals surface area contributed by atoms with Crippen LogP contribution in [0.3, 0.4) is 0 Å². The topological polar surface area (TPSA) is 3.24 Å². The predicted molar refractivity (Wildman–Crippen MR) is 70.0 cm³/mol. The molecule has 80 valence electrons. The number of para-hydroxylation sites is 1. The van der Waals surface area contributed by atoms with Crippen molar-refractivity contribution in [1.29, 1.82) is 0 Å². The molecule has 0 unspecified atom stereocenters. The molecule has 0 N–H and O–H groups in total. The maximum absolute atomic E-state index is 2.22. The second kappa shape index (κ2) is 5.73. The first-order valence-corrected chi connectivity index (χ1v) is 4.56. The fourth-order valence-corrected chi connectivity index (χ4v) is 1.62. The quantitative estimate of drug-likeness (QED) is 0.442. The molecular weight excluding hydrogens is 279 g/mol. The van der Waals surface area contributed by atoms with Crippen LogP contribution in [-0.2, 0) is 0 Å². The van der Waals surface area contributed by atoms with Gasteiger partial charge in [-0.2, -0.15) is 0 Å². The van der Waals surface area contributed by atoms with Crippen molar-refractivity contribution in [3.05, 3.63) is 30.3 Å². The van der Waals surface area contributed by atoms with Crippen LogP contribution in [0.2, 0.25) is 0 Å². The third-order valence-electron chi connectivity index (χ3n) is 2.09. The third-order valence-corrected chi connectivity index (χ3v) is 2.09. The van der Waals surface area contributed by atoms with E-state index in [1.807, 2.05) is 0 Å². The summed E-state index contributed by atoms with van der Waals surface area (Å²) in [6, 6.07) is 10.6. The van der Waals surface area contributed by atoms with Gasteiger partial charge in [-0.05, 0) is 26.2 Å². The predicted octanol–water partition coefficient (Wildman–Crippen LogP) is 0.321. The van der Waals surface area contributed by atoms with Crippen LogP contribution >= 0.6 is 0 Å². The van der Waals surface area contributed by atoms with Crippen LogP contribution in [0.5, 0.6) is 0 Å². The zero-order chi connectivity index (χ0) is 9.90. The number of nitrogens with zero attached hydrogens (tertiary/aromatic N) is 2. The summed E-state index contributed by atoms with van der Waals surface area (Å²) in [6.45, 7) is 1.02. The molecule has 0 atom stereocenters. The first-order chi connectivity index (χ1) is 6.02. The molecule has 14 heavy (non-hydrogen) atoms. The van der Waals surface area contributed by atoms with E-state index in [0.717, 1.165) is 11.2 Å². The average Bonchev–Trinajstić information content (AvgIpc) is 2.04. The van der Waals surface area contributed by atoms with Gasteiger partial charge in [-0.25, -0.2) is 0 Å². The molecule has 0 saturated heterocycles. The van der Waals surface area contributed by atoms with Crippen molar-refractivity contribution >= 4 is 29.6 Å². The van der Waals surface area contributed by atoms with Gasteiger partial charge in [0.1, 0.15) is 12.4 Å². The van der Waals surface area contributed by atoms with Crippen LogP contribution in [0.25, 0.3) is 0 Å².